The molecule has 0 aromatic heterocycles. The van der Waals surface area contributed by atoms with E-state index in [0.717, 1.165) is 12.8 Å². The number of hydrogen-bond donors (Lipinski definition) is 5. The molecule has 13 heavy (non-hydrogen) atoms. The summed E-state index contributed by atoms with van der Waals surface area (Å²) in [6, 6.07) is 0. The summed E-state index contributed by atoms with van der Waals surface area (Å²) >= 11 is 0. The van der Waals surface area contributed by atoms with E-state index < -0.39 is 5.97 Å². The summed E-state index contributed by atoms with van der Waals surface area (Å²) < 4.78 is 0. The highest BCUT2D eigenvalue weighted by molar-refractivity contribution is 4.41. The zero-order valence-corrected chi connectivity index (χ0v) is 7.98. The van der Waals surface area contributed by atoms with Gasteiger partial charge >= 0.3 is 0 Å². The summed E-state index contributed by atoms with van der Waals surface area (Å²) in [4.78, 5) is 0. The molecular formula is C8H20O5. The van der Waals surface area contributed by atoms with Crippen LogP contribution in [0.1, 0.15) is 32.6 Å². The molecule has 0 fully saturated rings. The van der Waals surface area contributed by atoms with Crippen molar-refractivity contribution < 1.29 is 25.5 Å². The molecule has 0 amide bonds. The molecular weight excluding hydrogens is 176 g/mol. The first kappa shape index (κ1) is 15.3. The molecule has 0 aliphatic carbocycles. The van der Waals surface area contributed by atoms with E-state index in [0.29, 0.717) is 6.42 Å². The topological polar surface area (TPSA) is 101 Å². The van der Waals surface area contributed by atoms with Crippen molar-refractivity contribution in [3.05, 3.63) is 0 Å². The van der Waals surface area contributed by atoms with E-state index in [-0.39, 0.29) is 19.6 Å². The summed E-state index contributed by atoms with van der Waals surface area (Å²) in [6.07, 6.45) is 2.00. The van der Waals surface area contributed by atoms with Gasteiger partial charge in [0.05, 0.1) is 0 Å². The maximum atomic E-state index is 8.13. The second kappa shape index (κ2) is 9.88. The molecule has 0 aromatic carbocycles. The molecule has 0 unspecified atom stereocenters. The first-order valence-corrected chi connectivity index (χ1v) is 4.36. The van der Waals surface area contributed by atoms with Gasteiger partial charge in [0.2, 0.25) is 0 Å². The van der Waals surface area contributed by atoms with E-state index in [1.54, 1.807) is 6.92 Å². The van der Waals surface area contributed by atoms with Crippen molar-refractivity contribution in [2.24, 2.45) is 0 Å². The highest BCUT2D eigenvalue weighted by Gasteiger charge is 2.14. The van der Waals surface area contributed by atoms with Crippen LogP contribution in [0.2, 0.25) is 0 Å². The molecule has 0 saturated carbocycles. The van der Waals surface area contributed by atoms with Crippen LogP contribution in [0.15, 0.2) is 0 Å². The molecule has 0 bridgehead atoms. The van der Waals surface area contributed by atoms with Crippen molar-refractivity contribution in [1.82, 2.24) is 0 Å². The number of unbranched alkanes of at least 4 members (excludes halogenated alkanes) is 1. The second-order valence-corrected chi connectivity index (χ2v) is 2.68. The van der Waals surface area contributed by atoms with Gasteiger partial charge in [0.1, 0.15) is 0 Å². The van der Waals surface area contributed by atoms with E-state index in [2.05, 4.69) is 0 Å². The minimum Gasteiger partial charge on any atom is -0.396 e. The fourth-order valence-electron chi connectivity index (χ4n) is 0.559. The van der Waals surface area contributed by atoms with Crippen LogP contribution in [0.3, 0.4) is 0 Å². The Balaban J connectivity index is 0. The van der Waals surface area contributed by atoms with Crippen LogP contribution in [0.25, 0.3) is 0 Å². The average molecular weight is 196 g/mol. The van der Waals surface area contributed by atoms with Crippen molar-refractivity contribution in [2.75, 3.05) is 13.2 Å². The lowest BCUT2D eigenvalue weighted by atomic mass is 10.3. The molecule has 82 valence electrons. The molecule has 0 radical (unpaired) electrons. The SMILES string of the molecule is CCCC(O)(O)O.OCCCCO. The van der Waals surface area contributed by atoms with Crippen LogP contribution >= 0.6 is 0 Å². The van der Waals surface area contributed by atoms with Crippen LogP contribution in [0.5, 0.6) is 0 Å². The Morgan fingerprint density at radius 2 is 1.31 bits per heavy atom. The van der Waals surface area contributed by atoms with E-state index in [9.17, 15) is 0 Å². The fourth-order valence-corrected chi connectivity index (χ4v) is 0.559. The lowest BCUT2D eigenvalue weighted by molar-refractivity contribution is -0.314. The zero-order chi connectivity index (χ0) is 10.7. The van der Waals surface area contributed by atoms with Crippen LogP contribution in [-0.2, 0) is 0 Å². The minimum absolute atomic E-state index is 0.00694. The van der Waals surface area contributed by atoms with Crippen molar-refractivity contribution >= 4 is 0 Å². The largest absolute Gasteiger partial charge is 0.396 e. The average Bonchev–Trinajstić information content (AvgIpc) is 1.99. The highest BCUT2D eigenvalue weighted by Crippen LogP contribution is 2.01. The van der Waals surface area contributed by atoms with Crippen molar-refractivity contribution in [3.63, 3.8) is 0 Å². The minimum atomic E-state index is -2.45. The lowest BCUT2D eigenvalue weighted by Gasteiger charge is -2.10. The van der Waals surface area contributed by atoms with Crippen LogP contribution in [0, 0.1) is 0 Å². The summed E-state index contributed by atoms with van der Waals surface area (Å²) in [7, 11) is 0. The van der Waals surface area contributed by atoms with E-state index in [1.807, 2.05) is 0 Å². The van der Waals surface area contributed by atoms with Gasteiger partial charge in [-0.05, 0) is 19.3 Å². The Kier molecular flexibility index (Phi) is 11.6. The normalized spacial score (nSPS) is 10.6. The summed E-state index contributed by atoms with van der Waals surface area (Å²) in [5, 5.41) is 40.6. The smallest absolute Gasteiger partial charge is 0.275 e. The Morgan fingerprint density at radius 3 is 1.38 bits per heavy atom. The number of hydrogen-bond acceptors (Lipinski definition) is 5. The van der Waals surface area contributed by atoms with Gasteiger partial charge in [-0.3, -0.25) is 0 Å². The highest BCUT2D eigenvalue weighted by atomic mass is 16.7. The van der Waals surface area contributed by atoms with Crippen molar-refractivity contribution in [2.45, 2.75) is 38.6 Å². The fraction of sp³-hybridized carbons (Fsp3) is 1.00. The summed E-state index contributed by atoms with van der Waals surface area (Å²) in [5.74, 6) is -2.45. The maximum absolute atomic E-state index is 8.13. The van der Waals surface area contributed by atoms with E-state index in [4.69, 9.17) is 25.5 Å². The van der Waals surface area contributed by atoms with E-state index >= 15 is 0 Å². The van der Waals surface area contributed by atoms with Gasteiger partial charge < -0.3 is 25.5 Å². The Hall–Kier alpha value is -0.200. The molecule has 0 atom stereocenters. The van der Waals surface area contributed by atoms with E-state index in [1.165, 1.54) is 0 Å². The molecule has 5 N–H and O–H groups in total. The van der Waals surface area contributed by atoms with Gasteiger partial charge in [-0.1, -0.05) is 6.92 Å². The monoisotopic (exact) mass is 196 g/mol. The van der Waals surface area contributed by atoms with Crippen molar-refractivity contribution in [3.8, 4) is 0 Å². The molecule has 0 saturated heterocycles. The molecule has 5 heteroatoms. The zero-order valence-electron chi connectivity index (χ0n) is 7.98. The third-order valence-electron chi connectivity index (χ3n) is 1.15. The molecule has 5 nitrogen and oxygen atoms in total. The predicted molar refractivity (Wildman–Crippen MR) is 47.7 cm³/mol. The van der Waals surface area contributed by atoms with Gasteiger partial charge in [0.25, 0.3) is 5.97 Å². The van der Waals surface area contributed by atoms with Gasteiger partial charge in [-0.25, -0.2) is 0 Å². The third-order valence-corrected chi connectivity index (χ3v) is 1.15. The maximum Gasteiger partial charge on any atom is 0.275 e. The molecule has 0 aliphatic rings. The first-order valence-electron chi connectivity index (χ1n) is 4.36. The van der Waals surface area contributed by atoms with Gasteiger partial charge in [-0.15, -0.1) is 0 Å². The van der Waals surface area contributed by atoms with Crippen LogP contribution < -0.4 is 0 Å². The summed E-state index contributed by atoms with van der Waals surface area (Å²) in [6.45, 7) is 2.14. The summed E-state index contributed by atoms with van der Waals surface area (Å²) in [5.41, 5.74) is 0. The lowest BCUT2D eigenvalue weighted by Crippen LogP contribution is -2.26. The molecule has 0 spiro atoms. The Bertz CT molecular complexity index is 85.0. The van der Waals surface area contributed by atoms with Crippen LogP contribution in [-0.4, -0.2) is 44.7 Å². The molecule has 0 rings (SSSR count). The third kappa shape index (κ3) is 24.5. The number of rotatable bonds is 5. The standard InChI is InChI=1S/C4H10O3.C4H10O2/c1-2-3-4(5,6)7;5-3-1-2-4-6/h5-7H,2-3H2,1H3;5-6H,1-4H2. The van der Waals surface area contributed by atoms with Crippen LogP contribution in [0.4, 0.5) is 0 Å². The number of aliphatic hydroxyl groups is 5. The Labute approximate surface area is 78.3 Å². The van der Waals surface area contributed by atoms with Gasteiger partial charge in [0, 0.05) is 19.6 Å². The van der Waals surface area contributed by atoms with Crippen molar-refractivity contribution in [1.29, 1.82) is 0 Å². The molecule has 0 aliphatic heterocycles. The van der Waals surface area contributed by atoms with Gasteiger partial charge in [-0.2, -0.15) is 0 Å². The molecule has 0 heterocycles. The molecule has 0 aromatic rings. The number of aliphatic hydroxyl groups excluding tert-OH is 2. The predicted octanol–water partition coefficient (Wildman–Crippen LogP) is -0.832. The second-order valence-electron chi connectivity index (χ2n) is 2.68. The Morgan fingerprint density at radius 1 is 0.923 bits per heavy atom. The first-order chi connectivity index (χ1) is 5.97. The van der Waals surface area contributed by atoms with Gasteiger partial charge in [0.15, 0.2) is 0 Å². The quantitative estimate of drug-likeness (QED) is 0.292.